The quantitative estimate of drug-likeness (QED) is 0.533. The van der Waals surface area contributed by atoms with Crippen molar-refractivity contribution < 1.29 is 4.79 Å². The minimum atomic E-state index is -0.834. The highest BCUT2D eigenvalue weighted by Crippen LogP contribution is 2.13. The normalized spacial score (nSPS) is 20.9. The van der Waals surface area contributed by atoms with Crippen molar-refractivity contribution in [1.82, 2.24) is 4.31 Å². The average molecular weight is 196 g/mol. The van der Waals surface area contributed by atoms with Gasteiger partial charge in [-0.25, -0.2) is 4.31 Å². The number of hydrogen-bond donors (Lipinski definition) is 2. The summed E-state index contributed by atoms with van der Waals surface area (Å²) in [6.45, 7) is 1.35. The van der Waals surface area contributed by atoms with Crippen molar-refractivity contribution in [2.45, 2.75) is 0 Å². The fourth-order valence-corrected chi connectivity index (χ4v) is 2.23. The highest BCUT2D eigenvalue weighted by atomic mass is 33.1. The van der Waals surface area contributed by atoms with E-state index in [1.54, 1.807) is 0 Å². The lowest BCUT2D eigenvalue weighted by molar-refractivity contribution is -0.124. The van der Waals surface area contributed by atoms with Gasteiger partial charge in [-0.1, -0.05) is 0 Å². The van der Waals surface area contributed by atoms with Crippen LogP contribution >= 0.6 is 0 Å². The van der Waals surface area contributed by atoms with Crippen molar-refractivity contribution in [3.8, 4) is 0 Å². The van der Waals surface area contributed by atoms with Crippen LogP contribution in [0.5, 0.6) is 0 Å². The molecule has 0 unspecified atom stereocenters. The predicted molar refractivity (Wildman–Crippen MR) is 47.7 cm³/mol. The molecule has 0 aromatic heterocycles. The second-order valence-electron chi connectivity index (χ2n) is 2.21. The molecule has 6 heteroatoms. The number of primary amides is 1. The van der Waals surface area contributed by atoms with Crippen LogP contribution in [0.4, 0.5) is 0 Å². The summed E-state index contributed by atoms with van der Waals surface area (Å²) in [4.78, 5) is 10.5. The topological polar surface area (TPSA) is 46.3 Å². The minimum Gasteiger partial charge on any atom is -0.369 e. The number of carbonyl (C=O) groups excluding carboxylic acids is 1. The van der Waals surface area contributed by atoms with Gasteiger partial charge in [-0.15, -0.1) is 0 Å². The van der Waals surface area contributed by atoms with Gasteiger partial charge in [0.05, 0.1) is 5.92 Å². The third kappa shape index (κ3) is 1.63. The van der Waals surface area contributed by atoms with Crippen LogP contribution < -0.4 is 5.73 Å². The largest absolute Gasteiger partial charge is 0.369 e. The lowest BCUT2D eigenvalue weighted by Crippen LogP contribution is -2.51. The van der Waals surface area contributed by atoms with Crippen LogP contribution in [-0.2, 0) is 35.4 Å². The molecule has 0 aromatic carbocycles. The van der Waals surface area contributed by atoms with Crippen molar-refractivity contribution >= 4 is 36.5 Å². The van der Waals surface area contributed by atoms with E-state index in [1.165, 1.54) is 0 Å². The predicted octanol–water partition coefficient (Wildman–Crippen LogP) is -1.41. The Morgan fingerprint density at radius 3 is 2.40 bits per heavy atom. The van der Waals surface area contributed by atoms with Gasteiger partial charge in [0, 0.05) is 13.1 Å². The van der Waals surface area contributed by atoms with Gasteiger partial charge in [0.25, 0.3) is 0 Å². The summed E-state index contributed by atoms with van der Waals surface area (Å²) in [5.74, 6) is -0.242. The van der Waals surface area contributed by atoms with Gasteiger partial charge in [-0.05, 0) is 30.6 Å². The molecule has 1 amide bonds. The van der Waals surface area contributed by atoms with Crippen molar-refractivity contribution in [2.75, 3.05) is 13.1 Å². The molecular formula is C4H8N2OS3. The third-order valence-electron chi connectivity index (χ3n) is 1.50. The summed E-state index contributed by atoms with van der Waals surface area (Å²) in [7, 11) is -0.834. The van der Waals surface area contributed by atoms with E-state index in [0.29, 0.717) is 13.1 Å². The molecule has 1 saturated heterocycles. The molecule has 3 nitrogen and oxygen atoms in total. The maximum Gasteiger partial charge on any atom is 0.223 e. The van der Waals surface area contributed by atoms with Crippen LogP contribution in [0.2, 0.25) is 0 Å². The zero-order chi connectivity index (χ0) is 7.72. The van der Waals surface area contributed by atoms with E-state index in [2.05, 4.69) is 0 Å². The summed E-state index contributed by atoms with van der Waals surface area (Å²) in [6.07, 6.45) is 0. The highest BCUT2D eigenvalue weighted by Gasteiger charge is 2.30. The van der Waals surface area contributed by atoms with Gasteiger partial charge in [0.15, 0.2) is 0 Å². The number of rotatable bonds is 2. The SMILES string of the molecule is NC(=O)C1CN([SH](=S)=S)C1. The van der Waals surface area contributed by atoms with Crippen LogP contribution in [0.1, 0.15) is 0 Å². The molecule has 10 heavy (non-hydrogen) atoms. The molecule has 0 saturated carbocycles. The molecule has 1 rings (SSSR count). The van der Waals surface area contributed by atoms with E-state index in [9.17, 15) is 4.79 Å². The Balaban J connectivity index is 2.38. The van der Waals surface area contributed by atoms with E-state index in [1.807, 2.05) is 4.31 Å². The van der Waals surface area contributed by atoms with Crippen LogP contribution in [0.15, 0.2) is 0 Å². The Morgan fingerprint density at radius 1 is 1.60 bits per heavy atom. The van der Waals surface area contributed by atoms with Crippen LogP contribution in [-0.4, -0.2) is 23.3 Å². The van der Waals surface area contributed by atoms with Gasteiger partial charge >= 0.3 is 0 Å². The highest BCUT2D eigenvalue weighted by molar-refractivity contribution is 8.45. The first-order valence-corrected chi connectivity index (χ1v) is 6.12. The molecule has 0 radical (unpaired) electrons. The van der Waals surface area contributed by atoms with Crippen molar-refractivity contribution in [3.05, 3.63) is 0 Å². The summed E-state index contributed by atoms with van der Waals surface area (Å²) in [6, 6.07) is 0. The van der Waals surface area contributed by atoms with Crippen molar-refractivity contribution in [2.24, 2.45) is 11.7 Å². The molecule has 0 atom stereocenters. The maximum atomic E-state index is 10.5. The fraction of sp³-hybridized carbons (Fsp3) is 0.750. The molecule has 1 fully saturated rings. The van der Waals surface area contributed by atoms with E-state index >= 15 is 0 Å². The monoisotopic (exact) mass is 196 g/mol. The number of carbonyl (C=O) groups is 1. The van der Waals surface area contributed by atoms with Gasteiger partial charge in [0.1, 0.15) is 0 Å². The molecule has 1 aliphatic rings. The Morgan fingerprint density at radius 2 is 2.10 bits per heavy atom. The fourth-order valence-electron chi connectivity index (χ4n) is 0.769. The second-order valence-corrected chi connectivity index (χ2v) is 6.02. The third-order valence-corrected chi connectivity index (χ3v) is 3.67. The number of thiol groups is 1. The maximum absolute atomic E-state index is 10.5. The standard InChI is InChI=1S/C4H8N2OS3/c5-4(7)3-1-6(2-3)10(8)9/h3,10H,1-2H2,(H2,5,7). The number of amides is 1. The summed E-state index contributed by atoms with van der Waals surface area (Å²) < 4.78 is 1.93. The van der Waals surface area contributed by atoms with E-state index in [0.717, 1.165) is 0 Å². The first kappa shape index (κ1) is 8.32. The molecule has 58 valence electrons. The zero-order valence-electron chi connectivity index (χ0n) is 5.19. The van der Waals surface area contributed by atoms with Crippen molar-refractivity contribution in [1.29, 1.82) is 0 Å². The molecular weight excluding hydrogens is 188 g/mol. The first-order valence-electron chi connectivity index (χ1n) is 2.80. The van der Waals surface area contributed by atoms with E-state index in [4.69, 9.17) is 28.1 Å². The van der Waals surface area contributed by atoms with Gasteiger partial charge < -0.3 is 5.73 Å². The van der Waals surface area contributed by atoms with Gasteiger partial charge in [-0.3, -0.25) is 4.79 Å². The number of nitrogens with two attached hydrogens (primary N) is 1. The molecule has 0 aliphatic carbocycles. The summed E-state index contributed by atoms with van der Waals surface area (Å²) in [5, 5.41) is 0. The molecule has 0 aromatic rings. The molecule has 1 aliphatic heterocycles. The number of hydrogen-bond acceptors (Lipinski definition) is 3. The summed E-state index contributed by atoms with van der Waals surface area (Å²) in [5.41, 5.74) is 5.03. The Bertz CT molecular complexity index is 211. The Kier molecular flexibility index (Phi) is 2.56. The summed E-state index contributed by atoms with van der Waals surface area (Å²) >= 11 is 9.69. The molecule has 2 N–H and O–H groups in total. The van der Waals surface area contributed by atoms with Gasteiger partial charge in [-0.2, -0.15) is 0 Å². The van der Waals surface area contributed by atoms with Crippen molar-refractivity contribution in [3.63, 3.8) is 0 Å². The number of nitrogens with zero attached hydrogens (tertiary/aromatic N) is 1. The van der Waals surface area contributed by atoms with Crippen LogP contribution in [0.3, 0.4) is 0 Å². The molecule has 1 heterocycles. The lowest BCUT2D eigenvalue weighted by atomic mass is 10.0. The lowest BCUT2D eigenvalue weighted by Gasteiger charge is -2.34. The van der Waals surface area contributed by atoms with Crippen LogP contribution in [0.25, 0.3) is 0 Å². The smallest absolute Gasteiger partial charge is 0.223 e. The van der Waals surface area contributed by atoms with Gasteiger partial charge in [0.2, 0.25) is 5.91 Å². The first-order chi connectivity index (χ1) is 4.61. The molecule has 0 spiro atoms. The second kappa shape index (κ2) is 3.08. The average Bonchev–Trinajstić information content (AvgIpc) is 1.56. The van der Waals surface area contributed by atoms with Crippen LogP contribution in [0, 0.1) is 5.92 Å². The van der Waals surface area contributed by atoms with E-state index in [-0.39, 0.29) is 11.8 Å². The Hall–Kier alpha value is 0.220. The Labute approximate surface area is 70.5 Å². The zero-order valence-corrected chi connectivity index (χ0v) is 7.72. The minimum absolute atomic E-state index is 0.00380. The van der Waals surface area contributed by atoms with E-state index < -0.39 is 8.20 Å². The molecule has 0 bridgehead atoms.